The minimum atomic E-state index is -3.04. The van der Waals surface area contributed by atoms with E-state index in [0.717, 1.165) is 5.56 Å². The van der Waals surface area contributed by atoms with Gasteiger partial charge >= 0.3 is 6.03 Å². The smallest absolute Gasteiger partial charge is 0.315 e. The van der Waals surface area contributed by atoms with Crippen LogP contribution in [0.2, 0.25) is 0 Å². The highest BCUT2D eigenvalue weighted by atomic mass is 32.2. The molecule has 1 unspecified atom stereocenters. The van der Waals surface area contributed by atoms with Gasteiger partial charge in [-0.05, 0) is 29.4 Å². The Kier molecular flexibility index (Phi) is 6.86. The molecule has 1 aliphatic rings. The normalized spacial score (nSPS) is 18.7. The number of sulfone groups is 1. The van der Waals surface area contributed by atoms with Crippen LogP contribution in [0.15, 0.2) is 24.3 Å². The maximum absolute atomic E-state index is 11.8. The molecule has 0 aromatic heterocycles. The van der Waals surface area contributed by atoms with Gasteiger partial charge in [0.25, 0.3) is 0 Å². The van der Waals surface area contributed by atoms with Gasteiger partial charge in [-0.25, -0.2) is 13.2 Å². The van der Waals surface area contributed by atoms with Gasteiger partial charge in [0.1, 0.15) is 0 Å². The van der Waals surface area contributed by atoms with Crippen molar-refractivity contribution in [3.05, 3.63) is 35.4 Å². The Balaban J connectivity index is 1.64. The molecule has 1 fully saturated rings. The minimum Gasteiger partial charge on any atom is -0.351 e. The number of benzene rings is 1. The molecule has 0 bridgehead atoms. The Morgan fingerprint density at radius 3 is 2.33 bits per heavy atom. The Labute approximate surface area is 161 Å². The van der Waals surface area contributed by atoms with Crippen molar-refractivity contribution in [2.24, 2.45) is 0 Å². The van der Waals surface area contributed by atoms with Crippen LogP contribution < -0.4 is 16.0 Å². The summed E-state index contributed by atoms with van der Waals surface area (Å²) in [5.41, 5.74) is 2.50. The first-order chi connectivity index (χ1) is 12.5. The van der Waals surface area contributed by atoms with E-state index < -0.39 is 15.9 Å². The zero-order chi connectivity index (χ0) is 20.1. The molecule has 27 heavy (non-hydrogen) atoms. The van der Waals surface area contributed by atoms with Crippen LogP contribution in [0.25, 0.3) is 0 Å². The summed E-state index contributed by atoms with van der Waals surface area (Å²) >= 11 is 0. The van der Waals surface area contributed by atoms with E-state index in [2.05, 4.69) is 61.0 Å². The van der Waals surface area contributed by atoms with E-state index in [9.17, 15) is 18.0 Å². The lowest BCUT2D eigenvalue weighted by Crippen LogP contribution is -2.45. The first-order valence-corrected chi connectivity index (χ1v) is 11.0. The molecular weight excluding hydrogens is 366 g/mol. The molecule has 1 heterocycles. The Morgan fingerprint density at radius 2 is 1.78 bits per heavy atom. The summed E-state index contributed by atoms with van der Waals surface area (Å²) in [6.07, 6.45) is 1.12. The second kappa shape index (κ2) is 8.73. The fourth-order valence-corrected chi connectivity index (χ4v) is 4.58. The molecule has 0 saturated carbocycles. The van der Waals surface area contributed by atoms with Crippen LogP contribution in [-0.2, 0) is 26.5 Å². The van der Waals surface area contributed by atoms with E-state index in [0.29, 0.717) is 19.4 Å². The molecule has 1 aromatic rings. The van der Waals surface area contributed by atoms with Crippen molar-refractivity contribution < 1.29 is 18.0 Å². The number of nitrogens with one attached hydrogen (secondary N) is 3. The van der Waals surface area contributed by atoms with Crippen molar-refractivity contribution in [2.45, 2.75) is 45.1 Å². The molecule has 0 radical (unpaired) electrons. The van der Waals surface area contributed by atoms with Gasteiger partial charge in [0.2, 0.25) is 5.91 Å². The number of urea groups is 1. The topological polar surface area (TPSA) is 104 Å². The van der Waals surface area contributed by atoms with Crippen molar-refractivity contribution in [2.75, 3.05) is 24.6 Å². The van der Waals surface area contributed by atoms with Crippen LogP contribution in [0.5, 0.6) is 0 Å². The highest BCUT2D eigenvalue weighted by Gasteiger charge is 2.28. The lowest BCUT2D eigenvalue weighted by atomic mass is 9.86. The van der Waals surface area contributed by atoms with Crippen LogP contribution in [0.4, 0.5) is 4.79 Å². The van der Waals surface area contributed by atoms with Crippen LogP contribution in [-0.4, -0.2) is 51.0 Å². The van der Waals surface area contributed by atoms with Crippen LogP contribution in [0.3, 0.4) is 0 Å². The first kappa shape index (κ1) is 21.2. The summed E-state index contributed by atoms with van der Waals surface area (Å²) in [6.45, 7) is 6.77. The third-order valence-corrected chi connectivity index (χ3v) is 6.29. The van der Waals surface area contributed by atoms with E-state index in [1.165, 1.54) is 5.56 Å². The lowest BCUT2D eigenvalue weighted by Gasteiger charge is -2.19. The summed E-state index contributed by atoms with van der Waals surface area (Å²) in [7, 11) is -3.04. The van der Waals surface area contributed by atoms with Crippen LogP contribution >= 0.6 is 0 Å². The first-order valence-electron chi connectivity index (χ1n) is 9.16. The van der Waals surface area contributed by atoms with Crippen LogP contribution in [0, 0.1) is 0 Å². The average molecular weight is 396 g/mol. The lowest BCUT2D eigenvalue weighted by molar-refractivity contribution is -0.120. The highest BCUT2D eigenvalue weighted by Crippen LogP contribution is 2.22. The average Bonchev–Trinajstić information content (AvgIpc) is 2.91. The molecule has 0 aliphatic carbocycles. The number of carbonyl (C=O) groups excluding carboxylic acids is 2. The molecule has 150 valence electrons. The van der Waals surface area contributed by atoms with Gasteiger partial charge in [0, 0.05) is 12.6 Å². The quantitative estimate of drug-likeness (QED) is 0.671. The van der Waals surface area contributed by atoms with Gasteiger partial charge in [0.05, 0.1) is 18.1 Å². The number of carbonyl (C=O) groups is 2. The summed E-state index contributed by atoms with van der Waals surface area (Å²) in [5, 5.41) is 7.82. The largest absolute Gasteiger partial charge is 0.351 e. The van der Waals surface area contributed by atoms with Crippen LogP contribution in [0.1, 0.15) is 38.3 Å². The second-order valence-corrected chi connectivity index (χ2v) is 10.2. The van der Waals surface area contributed by atoms with E-state index in [1.807, 2.05) is 0 Å². The predicted octanol–water partition coefficient (Wildman–Crippen LogP) is 1.13. The molecule has 2 rings (SSSR count). The van der Waals surface area contributed by atoms with E-state index in [1.54, 1.807) is 0 Å². The fraction of sp³-hybridized carbons (Fsp3) is 0.579. The molecule has 3 amide bonds. The Morgan fingerprint density at radius 1 is 1.11 bits per heavy atom. The fourth-order valence-electron chi connectivity index (χ4n) is 2.90. The highest BCUT2D eigenvalue weighted by molar-refractivity contribution is 7.91. The van der Waals surface area contributed by atoms with Crippen molar-refractivity contribution in [1.29, 1.82) is 0 Å². The predicted molar refractivity (Wildman–Crippen MR) is 105 cm³/mol. The third kappa shape index (κ3) is 7.21. The Bertz CT molecular complexity index is 767. The van der Waals surface area contributed by atoms with Gasteiger partial charge in [-0.15, -0.1) is 0 Å². The molecule has 1 saturated heterocycles. The number of amides is 3. The number of hydrogen-bond acceptors (Lipinski definition) is 4. The molecular formula is C19H29N3O4S. The zero-order valence-corrected chi connectivity index (χ0v) is 17.0. The monoisotopic (exact) mass is 395 g/mol. The molecule has 8 heteroatoms. The van der Waals surface area contributed by atoms with E-state index in [-0.39, 0.29) is 35.4 Å². The van der Waals surface area contributed by atoms with Crippen molar-refractivity contribution in [1.82, 2.24) is 16.0 Å². The molecule has 1 aromatic carbocycles. The summed E-state index contributed by atoms with van der Waals surface area (Å²) < 4.78 is 22.7. The summed E-state index contributed by atoms with van der Waals surface area (Å²) in [5.74, 6) is -0.313. The van der Waals surface area contributed by atoms with E-state index >= 15 is 0 Å². The van der Waals surface area contributed by atoms with Crippen molar-refractivity contribution >= 4 is 21.8 Å². The van der Waals surface area contributed by atoms with Gasteiger partial charge in [0.15, 0.2) is 9.84 Å². The van der Waals surface area contributed by atoms with Crippen molar-refractivity contribution in [3.8, 4) is 0 Å². The molecule has 1 atom stereocenters. The van der Waals surface area contributed by atoms with E-state index in [4.69, 9.17) is 0 Å². The standard InChI is InChI=1S/C19H29N3O4S/c1-19(2,3)15-6-4-14(5-7-15)8-10-20-18(24)21-12-17(23)22-16-9-11-27(25,26)13-16/h4-7,16H,8-13H2,1-3H3,(H,22,23)(H2,20,21,24). The van der Waals surface area contributed by atoms with Gasteiger partial charge in [-0.2, -0.15) is 0 Å². The second-order valence-electron chi connectivity index (χ2n) is 7.97. The molecule has 3 N–H and O–H groups in total. The van der Waals surface area contributed by atoms with Gasteiger partial charge in [-0.3, -0.25) is 4.79 Å². The summed E-state index contributed by atoms with van der Waals surface area (Å²) in [6, 6.07) is 7.54. The summed E-state index contributed by atoms with van der Waals surface area (Å²) in [4.78, 5) is 23.5. The van der Waals surface area contributed by atoms with Gasteiger partial charge < -0.3 is 16.0 Å². The third-order valence-electron chi connectivity index (χ3n) is 4.53. The maximum Gasteiger partial charge on any atom is 0.315 e. The molecule has 0 spiro atoms. The van der Waals surface area contributed by atoms with Gasteiger partial charge in [-0.1, -0.05) is 45.0 Å². The van der Waals surface area contributed by atoms with Crippen molar-refractivity contribution in [3.63, 3.8) is 0 Å². The minimum absolute atomic E-state index is 0.0288. The number of rotatable bonds is 6. The molecule has 7 nitrogen and oxygen atoms in total. The number of hydrogen-bond donors (Lipinski definition) is 3. The molecule has 1 aliphatic heterocycles. The zero-order valence-electron chi connectivity index (χ0n) is 16.2. The Hall–Kier alpha value is -2.09. The maximum atomic E-state index is 11.8. The SMILES string of the molecule is CC(C)(C)c1ccc(CCNC(=O)NCC(=O)NC2CCS(=O)(=O)C2)cc1.